The lowest BCUT2D eigenvalue weighted by Crippen LogP contribution is -2.38. The van der Waals surface area contributed by atoms with Gasteiger partial charge in [0.15, 0.2) is 0 Å². The van der Waals surface area contributed by atoms with Crippen molar-refractivity contribution in [2.24, 2.45) is 0 Å². The fraction of sp³-hybridized carbons (Fsp3) is 0.385. The van der Waals surface area contributed by atoms with Crippen molar-refractivity contribution in [3.05, 3.63) is 64.2 Å². The number of carbonyl (C=O) groups is 2. The van der Waals surface area contributed by atoms with Crippen LogP contribution in [0, 0.1) is 0 Å². The molecule has 2 aliphatic rings. The molecular formula is C26H29ClN2O6. The minimum Gasteiger partial charge on any atom is -0.507 e. The Labute approximate surface area is 209 Å². The Morgan fingerprint density at radius 1 is 1.06 bits per heavy atom. The van der Waals surface area contributed by atoms with Crippen LogP contribution in [0.3, 0.4) is 0 Å². The third-order valence-electron chi connectivity index (χ3n) is 6.37. The summed E-state index contributed by atoms with van der Waals surface area (Å²) in [5, 5.41) is 11.5. The number of likely N-dealkylation sites (tertiary alicyclic amines) is 1. The van der Waals surface area contributed by atoms with Crippen molar-refractivity contribution in [1.29, 1.82) is 0 Å². The number of aliphatic hydroxyl groups is 1. The topological polar surface area (TPSA) is 88.5 Å². The highest BCUT2D eigenvalue weighted by Crippen LogP contribution is 2.40. The second-order valence-corrected chi connectivity index (χ2v) is 8.83. The van der Waals surface area contributed by atoms with Crippen molar-refractivity contribution >= 4 is 29.1 Å². The summed E-state index contributed by atoms with van der Waals surface area (Å²) in [6, 6.07) is 11.2. The molecule has 0 spiro atoms. The van der Waals surface area contributed by atoms with Gasteiger partial charge in [0.25, 0.3) is 11.7 Å². The third-order valence-corrected chi connectivity index (χ3v) is 6.67. The quantitative estimate of drug-likeness (QED) is 0.337. The van der Waals surface area contributed by atoms with Crippen LogP contribution in [0.5, 0.6) is 11.5 Å². The summed E-state index contributed by atoms with van der Waals surface area (Å²) in [5.74, 6) is -0.529. The summed E-state index contributed by atoms with van der Waals surface area (Å²) in [6.45, 7) is 4.24. The van der Waals surface area contributed by atoms with Gasteiger partial charge in [-0.3, -0.25) is 14.5 Å². The van der Waals surface area contributed by atoms with Crippen LogP contribution in [0.2, 0.25) is 5.02 Å². The monoisotopic (exact) mass is 500 g/mol. The van der Waals surface area contributed by atoms with Crippen molar-refractivity contribution in [3.8, 4) is 11.5 Å². The molecule has 4 rings (SSSR count). The summed E-state index contributed by atoms with van der Waals surface area (Å²) in [7, 11) is 3.06. The average Bonchev–Trinajstić information content (AvgIpc) is 3.14. The van der Waals surface area contributed by atoms with Gasteiger partial charge in [-0.1, -0.05) is 23.7 Å². The molecule has 8 nitrogen and oxygen atoms in total. The van der Waals surface area contributed by atoms with E-state index in [-0.39, 0.29) is 16.4 Å². The number of benzene rings is 2. The Morgan fingerprint density at radius 3 is 2.40 bits per heavy atom. The summed E-state index contributed by atoms with van der Waals surface area (Å²) < 4.78 is 15.8. The minimum absolute atomic E-state index is 0.0350. The van der Waals surface area contributed by atoms with Crippen LogP contribution in [-0.4, -0.2) is 80.2 Å². The fourth-order valence-electron chi connectivity index (χ4n) is 4.50. The standard InChI is InChI=1S/C26H29ClN2O6/c1-33-19-7-4-17(5-8-19)23-22(24(30)18-6-9-21(34-2)20(27)16-18)25(31)26(32)29(23)11-3-10-28-12-14-35-15-13-28/h4-9,16,23,30H,3,10-15H2,1-2H3/b24-22+/t23-/m1/s1. The SMILES string of the molecule is COc1ccc([C@@H]2/C(=C(\O)c3ccc(OC)c(Cl)c3)C(=O)C(=O)N2CCCN2CCOCC2)cc1. The Balaban J connectivity index is 1.69. The van der Waals surface area contributed by atoms with E-state index in [0.717, 1.165) is 19.6 Å². The number of methoxy groups -OCH3 is 2. The molecule has 1 atom stereocenters. The first-order valence-electron chi connectivity index (χ1n) is 11.5. The lowest BCUT2D eigenvalue weighted by Gasteiger charge is -2.29. The lowest BCUT2D eigenvalue weighted by atomic mass is 9.95. The maximum atomic E-state index is 13.2. The average molecular weight is 501 g/mol. The predicted molar refractivity (Wildman–Crippen MR) is 132 cm³/mol. The number of morpholine rings is 1. The molecule has 0 radical (unpaired) electrons. The molecular weight excluding hydrogens is 472 g/mol. The number of ketones is 1. The van der Waals surface area contributed by atoms with Crippen molar-refractivity contribution < 1.29 is 28.9 Å². The molecule has 2 aliphatic heterocycles. The lowest BCUT2D eigenvalue weighted by molar-refractivity contribution is -0.140. The van der Waals surface area contributed by atoms with Crippen LogP contribution in [0.4, 0.5) is 0 Å². The zero-order valence-electron chi connectivity index (χ0n) is 19.8. The molecule has 9 heteroatoms. The van der Waals surface area contributed by atoms with Gasteiger partial charge in [0.05, 0.1) is 44.1 Å². The molecule has 1 N–H and O–H groups in total. The van der Waals surface area contributed by atoms with E-state index in [4.69, 9.17) is 25.8 Å². The number of amides is 1. The highest BCUT2D eigenvalue weighted by atomic mass is 35.5. The number of aliphatic hydroxyl groups excluding tert-OH is 1. The predicted octanol–water partition coefficient (Wildman–Crippen LogP) is 3.50. The molecule has 0 unspecified atom stereocenters. The Kier molecular flexibility index (Phi) is 7.95. The number of hydrogen-bond donors (Lipinski definition) is 1. The van der Waals surface area contributed by atoms with E-state index in [9.17, 15) is 14.7 Å². The van der Waals surface area contributed by atoms with Gasteiger partial charge in [-0.25, -0.2) is 0 Å². The summed E-state index contributed by atoms with van der Waals surface area (Å²) in [6.07, 6.45) is 0.689. The Hall–Kier alpha value is -3.07. The van der Waals surface area contributed by atoms with E-state index in [0.29, 0.717) is 48.8 Å². The zero-order valence-corrected chi connectivity index (χ0v) is 20.6. The van der Waals surface area contributed by atoms with E-state index in [1.807, 2.05) is 0 Å². The molecule has 186 valence electrons. The van der Waals surface area contributed by atoms with E-state index in [1.54, 1.807) is 48.4 Å². The number of halogens is 1. The number of ether oxygens (including phenoxy) is 3. The third kappa shape index (κ3) is 5.29. The molecule has 0 aliphatic carbocycles. The van der Waals surface area contributed by atoms with Crippen LogP contribution in [0.25, 0.3) is 5.76 Å². The molecule has 0 aromatic heterocycles. The minimum atomic E-state index is -0.730. The number of rotatable bonds is 8. The summed E-state index contributed by atoms with van der Waals surface area (Å²) in [4.78, 5) is 30.1. The molecule has 0 bridgehead atoms. The van der Waals surface area contributed by atoms with Gasteiger partial charge in [0.1, 0.15) is 17.3 Å². The largest absolute Gasteiger partial charge is 0.507 e. The van der Waals surface area contributed by atoms with Crippen molar-refractivity contribution in [2.75, 3.05) is 53.6 Å². The first-order valence-corrected chi connectivity index (χ1v) is 11.9. The Morgan fingerprint density at radius 2 is 1.77 bits per heavy atom. The van der Waals surface area contributed by atoms with Crippen LogP contribution >= 0.6 is 11.6 Å². The Bertz CT molecular complexity index is 1110. The molecule has 2 saturated heterocycles. The normalized spacial score (nSPS) is 20.3. The molecule has 0 saturated carbocycles. The first kappa shape index (κ1) is 25.0. The van der Waals surface area contributed by atoms with Crippen LogP contribution in [0.1, 0.15) is 23.6 Å². The van der Waals surface area contributed by atoms with Gasteiger partial charge in [0.2, 0.25) is 0 Å². The first-order chi connectivity index (χ1) is 16.9. The highest BCUT2D eigenvalue weighted by Gasteiger charge is 2.45. The van der Waals surface area contributed by atoms with Gasteiger partial charge in [-0.15, -0.1) is 0 Å². The van der Waals surface area contributed by atoms with Crippen LogP contribution in [0.15, 0.2) is 48.0 Å². The van der Waals surface area contributed by atoms with Gasteiger partial charge in [-0.05, 0) is 42.3 Å². The van der Waals surface area contributed by atoms with Crippen molar-refractivity contribution in [3.63, 3.8) is 0 Å². The van der Waals surface area contributed by atoms with E-state index in [1.165, 1.54) is 13.2 Å². The molecule has 2 aromatic carbocycles. The second kappa shape index (κ2) is 11.1. The van der Waals surface area contributed by atoms with Gasteiger partial charge < -0.3 is 24.2 Å². The van der Waals surface area contributed by atoms with Crippen LogP contribution < -0.4 is 9.47 Å². The zero-order chi connectivity index (χ0) is 24.9. The molecule has 2 fully saturated rings. The number of hydrogen-bond acceptors (Lipinski definition) is 7. The fourth-order valence-corrected chi connectivity index (χ4v) is 4.76. The smallest absolute Gasteiger partial charge is 0.295 e. The van der Waals surface area contributed by atoms with E-state index in [2.05, 4.69) is 4.90 Å². The van der Waals surface area contributed by atoms with Crippen LogP contribution in [-0.2, 0) is 14.3 Å². The van der Waals surface area contributed by atoms with Gasteiger partial charge >= 0.3 is 0 Å². The highest BCUT2D eigenvalue weighted by molar-refractivity contribution is 6.46. The molecule has 2 heterocycles. The summed E-state index contributed by atoms with van der Waals surface area (Å²) >= 11 is 6.25. The summed E-state index contributed by atoms with van der Waals surface area (Å²) in [5.41, 5.74) is 1.07. The molecule has 1 amide bonds. The number of nitrogens with zero attached hydrogens (tertiary/aromatic N) is 2. The van der Waals surface area contributed by atoms with E-state index < -0.39 is 17.7 Å². The molecule has 2 aromatic rings. The number of Topliss-reactive ketones (excluding diaryl/α,β-unsaturated/α-hetero) is 1. The van der Waals surface area contributed by atoms with Gasteiger partial charge in [0, 0.05) is 31.7 Å². The van der Waals surface area contributed by atoms with Crippen molar-refractivity contribution in [2.45, 2.75) is 12.5 Å². The number of carbonyl (C=O) groups excluding carboxylic acids is 2. The molecule has 35 heavy (non-hydrogen) atoms. The maximum absolute atomic E-state index is 13.2. The van der Waals surface area contributed by atoms with Gasteiger partial charge in [-0.2, -0.15) is 0 Å². The van der Waals surface area contributed by atoms with E-state index >= 15 is 0 Å². The second-order valence-electron chi connectivity index (χ2n) is 8.42. The maximum Gasteiger partial charge on any atom is 0.295 e. The van der Waals surface area contributed by atoms with Crippen molar-refractivity contribution in [1.82, 2.24) is 9.80 Å².